The Hall–Kier alpha value is -0.170. The molecule has 0 aromatic carbocycles. The molecule has 0 aromatic rings. The maximum Gasteiger partial charge on any atom is 0.220 e. The van der Waals surface area contributed by atoms with Gasteiger partial charge >= 0.3 is 0 Å². The molecule has 0 aliphatic carbocycles. The minimum absolute atomic E-state index is 0.135. The third kappa shape index (κ3) is 3.03. The van der Waals surface area contributed by atoms with Crippen molar-refractivity contribution in [2.45, 2.75) is 57.4 Å². The van der Waals surface area contributed by atoms with E-state index in [9.17, 15) is 8.42 Å². The molecule has 6 heteroatoms. The van der Waals surface area contributed by atoms with Crippen molar-refractivity contribution in [2.24, 2.45) is 0 Å². The summed E-state index contributed by atoms with van der Waals surface area (Å²) < 4.78 is 26.9. The molecular formula is C14H29N3O2S. The predicted octanol–water partition coefficient (Wildman–Crippen LogP) is 0.873. The molecule has 0 amide bonds. The highest BCUT2D eigenvalue weighted by molar-refractivity contribution is 7.90. The summed E-state index contributed by atoms with van der Waals surface area (Å²) in [6.07, 6.45) is 2.07. The lowest BCUT2D eigenvalue weighted by atomic mass is 10.0. The van der Waals surface area contributed by atoms with E-state index in [1.807, 2.05) is 13.8 Å². The fraction of sp³-hybridized carbons (Fsp3) is 1.00. The van der Waals surface area contributed by atoms with Crippen molar-refractivity contribution in [3.63, 3.8) is 0 Å². The van der Waals surface area contributed by atoms with Crippen LogP contribution in [0, 0.1) is 0 Å². The Kier molecular flexibility index (Phi) is 4.79. The number of hydrogen-bond acceptors (Lipinski definition) is 4. The van der Waals surface area contributed by atoms with Gasteiger partial charge in [0.1, 0.15) is 0 Å². The summed E-state index contributed by atoms with van der Waals surface area (Å²) in [5.74, 6) is 0. The SMILES string of the molecule is CC(C)N1CCCC(N2CCNCC(C)(C)S2(=O)=O)C1. The van der Waals surface area contributed by atoms with Crippen LogP contribution in [0.1, 0.15) is 40.5 Å². The van der Waals surface area contributed by atoms with Crippen LogP contribution in [0.3, 0.4) is 0 Å². The van der Waals surface area contributed by atoms with Gasteiger partial charge in [0.25, 0.3) is 0 Å². The standard InChI is InChI=1S/C14H29N3O2S/c1-12(2)16-8-5-6-13(10-16)17-9-7-15-11-14(3,4)20(17,18)19/h12-13,15H,5-11H2,1-4H3. The Morgan fingerprint density at radius 3 is 2.60 bits per heavy atom. The summed E-state index contributed by atoms with van der Waals surface area (Å²) in [5.41, 5.74) is 0. The topological polar surface area (TPSA) is 52.6 Å². The van der Waals surface area contributed by atoms with Crippen LogP contribution in [0.5, 0.6) is 0 Å². The number of nitrogens with one attached hydrogen (secondary N) is 1. The van der Waals surface area contributed by atoms with Gasteiger partial charge in [0.15, 0.2) is 0 Å². The second-order valence-corrected chi connectivity index (χ2v) is 9.46. The van der Waals surface area contributed by atoms with Crippen LogP contribution < -0.4 is 5.32 Å². The number of likely N-dealkylation sites (tertiary alicyclic amines) is 1. The van der Waals surface area contributed by atoms with Crippen LogP contribution >= 0.6 is 0 Å². The van der Waals surface area contributed by atoms with Crippen LogP contribution in [0.2, 0.25) is 0 Å². The molecule has 0 radical (unpaired) electrons. The molecule has 2 aliphatic rings. The Bertz CT molecular complexity index is 434. The van der Waals surface area contributed by atoms with Crippen LogP contribution in [0.4, 0.5) is 0 Å². The molecule has 2 fully saturated rings. The Labute approximate surface area is 123 Å². The lowest BCUT2D eigenvalue weighted by molar-refractivity contribution is 0.121. The lowest BCUT2D eigenvalue weighted by Gasteiger charge is -2.41. The highest BCUT2D eigenvalue weighted by Gasteiger charge is 2.44. The van der Waals surface area contributed by atoms with Crippen LogP contribution in [0.15, 0.2) is 0 Å². The van der Waals surface area contributed by atoms with Crippen molar-refractivity contribution in [3.05, 3.63) is 0 Å². The molecule has 2 heterocycles. The van der Waals surface area contributed by atoms with Gasteiger partial charge in [-0.05, 0) is 47.1 Å². The molecule has 20 heavy (non-hydrogen) atoms. The lowest BCUT2D eigenvalue weighted by Crippen LogP contribution is -2.55. The summed E-state index contributed by atoms with van der Waals surface area (Å²) in [4.78, 5) is 2.40. The first kappa shape index (κ1) is 16.2. The Balaban J connectivity index is 2.21. The molecule has 1 atom stereocenters. The second-order valence-electron chi connectivity index (χ2n) is 6.94. The van der Waals surface area contributed by atoms with Crippen LogP contribution in [0.25, 0.3) is 0 Å². The molecule has 2 saturated heterocycles. The van der Waals surface area contributed by atoms with Crippen molar-refractivity contribution < 1.29 is 8.42 Å². The van der Waals surface area contributed by atoms with Crippen molar-refractivity contribution >= 4 is 10.0 Å². The van der Waals surface area contributed by atoms with E-state index in [4.69, 9.17) is 0 Å². The van der Waals surface area contributed by atoms with Crippen molar-refractivity contribution in [1.29, 1.82) is 0 Å². The zero-order valence-electron chi connectivity index (χ0n) is 13.2. The first-order valence-electron chi connectivity index (χ1n) is 7.72. The summed E-state index contributed by atoms with van der Waals surface area (Å²) >= 11 is 0. The minimum Gasteiger partial charge on any atom is -0.314 e. The molecule has 1 unspecified atom stereocenters. The van der Waals surface area contributed by atoms with E-state index in [1.165, 1.54) is 0 Å². The molecule has 0 spiro atoms. The minimum atomic E-state index is -3.24. The van der Waals surface area contributed by atoms with Gasteiger partial charge in [0.2, 0.25) is 10.0 Å². The van der Waals surface area contributed by atoms with Crippen molar-refractivity contribution in [3.8, 4) is 0 Å². The molecule has 2 aliphatic heterocycles. The fourth-order valence-corrected chi connectivity index (χ4v) is 4.99. The Morgan fingerprint density at radius 1 is 1.25 bits per heavy atom. The zero-order chi connectivity index (χ0) is 15.0. The van der Waals surface area contributed by atoms with Crippen molar-refractivity contribution in [2.75, 3.05) is 32.7 Å². The third-order valence-corrected chi connectivity index (χ3v) is 7.27. The van der Waals surface area contributed by atoms with Gasteiger partial charge in [-0.2, -0.15) is 4.31 Å². The van der Waals surface area contributed by atoms with E-state index in [2.05, 4.69) is 24.1 Å². The highest BCUT2D eigenvalue weighted by atomic mass is 32.2. The average molecular weight is 303 g/mol. The van der Waals surface area contributed by atoms with Gasteiger partial charge in [0, 0.05) is 38.3 Å². The molecule has 0 saturated carbocycles. The average Bonchev–Trinajstić information content (AvgIpc) is 2.47. The van der Waals surface area contributed by atoms with E-state index < -0.39 is 14.8 Å². The first-order chi connectivity index (χ1) is 9.25. The van der Waals surface area contributed by atoms with Gasteiger partial charge in [-0.25, -0.2) is 8.42 Å². The van der Waals surface area contributed by atoms with E-state index in [1.54, 1.807) is 4.31 Å². The number of rotatable bonds is 2. The predicted molar refractivity (Wildman–Crippen MR) is 82.3 cm³/mol. The maximum atomic E-state index is 12.9. The highest BCUT2D eigenvalue weighted by Crippen LogP contribution is 2.28. The molecule has 118 valence electrons. The summed E-state index contributed by atoms with van der Waals surface area (Å²) in [6.45, 7) is 11.9. The van der Waals surface area contributed by atoms with E-state index in [0.717, 1.165) is 32.5 Å². The molecular weight excluding hydrogens is 274 g/mol. The van der Waals surface area contributed by atoms with Gasteiger partial charge in [0.05, 0.1) is 4.75 Å². The second kappa shape index (κ2) is 5.91. The molecule has 5 nitrogen and oxygen atoms in total. The number of nitrogens with zero attached hydrogens (tertiary/aromatic N) is 2. The van der Waals surface area contributed by atoms with E-state index in [-0.39, 0.29) is 6.04 Å². The number of piperidine rings is 1. The van der Waals surface area contributed by atoms with Gasteiger partial charge in [-0.1, -0.05) is 0 Å². The molecule has 0 aromatic heterocycles. The molecule has 2 rings (SSSR count). The van der Waals surface area contributed by atoms with Gasteiger partial charge in [-0.3, -0.25) is 4.90 Å². The van der Waals surface area contributed by atoms with Crippen LogP contribution in [-0.4, -0.2) is 67.2 Å². The van der Waals surface area contributed by atoms with E-state index in [0.29, 0.717) is 19.1 Å². The summed E-state index contributed by atoms with van der Waals surface area (Å²) in [7, 11) is -3.24. The maximum absolute atomic E-state index is 12.9. The van der Waals surface area contributed by atoms with Gasteiger partial charge < -0.3 is 5.32 Å². The molecule has 0 bridgehead atoms. The third-order valence-electron chi connectivity index (χ3n) is 4.63. The zero-order valence-corrected chi connectivity index (χ0v) is 14.0. The van der Waals surface area contributed by atoms with Gasteiger partial charge in [-0.15, -0.1) is 0 Å². The first-order valence-corrected chi connectivity index (χ1v) is 9.16. The molecule has 1 N–H and O–H groups in total. The summed E-state index contributed by atoms with van der Waals surface area (Å²) in [6, 6.07) is 0.619. The van der Waals surface area contributed by atoms with E-state index >= 15 is 0 Å². The Morgan fingerprint density at radius 2 is 1.95 bits per heavy atom. The largest absolute Gasteiger partial charge is 0.314 e. The number of sulfonamides is 1. The quantitative estimate of drug-likeness (QED) is 0.822. The smallest absolute Gasteiger partial charge is 0.220 e. The number of hydrogen-bond donors (Lipinski definition) is 1. The normalized spacial score (nSPS) is 32.1. The fourth-order valence-electron chi connectivity index (χ4n) is 3.17. The van der Waals surface area contributed by atoms with Crippen molar-refractivity contribution in [1.82, 2.24) is 14.5 Å². The summed E-state index contributed by atoms with van der Waals surface area (Å²) in [5, 5.41) is 3.26. The van der Waals surface area contributed by atoms with Crippen LogP contribution in [-0.2, 0) is 10.0 Å². The monoisotopic (exact) mass is 303 g/mol.